The molecule has 4 saturated heterocycles. The highest BCUT2D eigenvalue weighted by molar-refractivity contribution is 5.99. The lowest BCUT2D eigenvalue weighted by Gasteiger charge is -2.37. The van der Waals surface area contributed by atoms with E-state index in [2.05, 4.69) is 79.9 Å². The van der Waals surface area contributed by atoms with Crippen molar-refractivity contribution in [1.82, 2.24) is 30.1 Å². The molecule has 0 unspecified atom stereocenters. The molecule has 0 bridgehead atoms. The second-order valence-electron chi connectivity index (χ2n) is 19.9. The maximum atomic E-state index is 13.7. The van der Waals surface area contributed by atoms with E-state index in [4.69, 9.17) is 23.7 Å². The monoisotopic (exact) mass is 999 g/mol. The van der Waals surface area contributed by atoms with Crippen LogP contribution in [0.15, 0.2) is 71.8 Å². The number of nitrogens with zero attached hydrogens (tertiary/aromatic N) is 6. The second-order valence-corrected chi connectivity index (χ2v) is 19.9. The largest absolute Gasteiger partial charge is 0.472 e. The molecule has 1 amide bonds. The molecule has 4 fully saturated rings. The van der Waals surface area contributed by atoms with Gasteiger partial charge in [0.2, 0.25) is 11.8 Å². The lowest BCUT2D eigenvalue weighted by atomic mass is 9.95. The fraction of sp³-hybridized carbons (Fsp3) is 0.491. The number of methoxy groups -OCH3 is 1. The first-order valence-corrected chi connectivity index (χ1v) is 25.9. The average Bonchev–Trinajstić information content (AvgIpc) is 3.37. The van der Waals surface area contributed by atoms with E-state index in [0.29, 0.717) is 40.5 Å². The Morgan fingerprint density at radius 2 is 1.15 bits per heavy atom. The van der Waals surface area contributed by atoms with Crippen LogP contribution in [-0.2, 0) is 20.8 Å². The summed E-state index contributed by atoms with van der Waals surface area (Å²) in [5.74, 6) is 0.698. The molecule has 0 aliphatic carbocycles. The average molecular weight is 999 g/mol. The summed E-state index contributed by atoms with van der Waals surface area (Å²) >= 11 is 0. The number of nitrogens with one attached hydrogen (secondary N) is 2. The van der Waals surface area contributed by atoms with Crippen LogP contribution in [0.25, 0.3) is 22.3 Å². The van der Waals surface area contributed by atoms with Crippen LogP contribution in [0, 0.1) is 27.7 Å². The zero-order valence-corrected chi connectivity index (χ0v) is 44.2. The number of aromatic nitrogens is 3. The Labute approximate surface area is 430 Å². The Bertz CT molecular complexity index is 2740. The third kappa shape index (κ3) is 12.7. The van der Waals surface area contributed by atoms with Gasteiger partial charge in [0.25, 0.3) is 11.5 Å². The highest BCUT2D eigenvalue weighted by Crippen LogP contribution is 2.36. The SMILES string of the molecule is CCN(c1cc(-c2ccc(OC3CN(C)C3)nc2)cc(C(=O)NCc2c(C)cc(C)[nH]c2=O)c1C)C1CCOCC1.CCN(c1cc(-c2ccc(OC3CN(C)C3)nc2)cc(C(=O)OC)c1C)C1CCOCC1. The summed E-state index contributed by atoms with van der Waals surface area (Å²) in [6, 6.07) is 18.6. The van der Waals surface area contributed by atoms with Crippen LogP contribution >= 0.6 is 0 Å². The number of pyridine rings is 3. The molecule has 9 rings (SSSR count). The van der Waals surface area contributed by atoms with Gasteiger partial charge in [0, 0.05) is 148 Å². The number of aromatic amines is 1. The van der Waals surface area contributed by atoms with E-state index in [0.717, 1.165) is 147 Å². The van der Waals surface area contributed by atoms with Crippen molar-refractivity contribution in [2.24, 2.45) is 0 Å². The van der Waals surface area contributed by atoms with E-state index in [-0.39, 0.29) is 36.2 Å². The maximum Gasteiger partial charge on any atom is 0.338 e. The predicted octanol–water partition coefficient (Wildman–Crippen LogP) is 7.53. The number of hydrogen-bond donors (Lipinski definition) is 2. The summed E-state index contributed by atoms with van der Waals surface area (Å²) in [7, 11) is 5.57. The fourth-order valence-corrected chi connectivity index (χ4v) is 10.5. The summed E-state index contributed by atoms with van der Waals surface area (Å²) in [6.45, 7) is 20.5. The van der Waals surface area contributed by atoms with E-state index < -0.39 is 0 Å². The molecular weight excluding hydrogens is 925 g/mol. The highest BCUT2D eigenvalue weighted by Gasteiger charge is 2.29. The summed E-state index contributed by atoms with van der Waals surface area (Å²) in [5, 5.41) is 3.01. The minimum atomic E-state index is -0.323. The minimum Gasteiger partial charge on any atom is -0.472 e. The number of carbonyl (C=O) groups is 2. The quantitative estimate of drug-likeness (QED) is 0.0933. The molecule has 3 aromatic heterocycles. The molecule has 73 heavy (non-hydrogen) atoms. The van der Waals surface area contributed by atoms with Crippen molar-refractivity contribution in [2.75, 3.05) is 96.7 Å². The highest BCUT2D eigenvalue weighted by atomic mass is 16.5. The Kier molecular flexibility index (Phi) is 17.5. The van der Waals surface area contributed by atoms with Crippen LogP contribution in [0.1, 0.15) is 88.2 Å². The number of carbonyl (C=O) groups excluding carboxylic acids is 2. The van der Waals surface area contributed by atoms with Crippen molar-refractivity contribution in [2.45, 2.75) is 98.1 Å². The van der Waals surface area contributed by atoms with Gasteiger partial charge in [-0.15, -0.1) is 0 Å². The number of esters is 1. The van der Waals surface area contributed by atoms with Crippen LogP contribution < -0.4 is 30.1 Å². The number of rotatable bonds is 16. The number of ether oxygens (including phenoxy) is 5. The van der Waals surface area contributed by atoms with Crippen LogP contribution in [0.4, 0.5) is 11.4 Å². The summed E-state index contributed by atoms with van der Waals surface area (Å²) in [6.07, 6.45) is 7.85. The van der Waals surface area contributed by atoms with Crippen LogP contribution in [0.5, 0.6) is 11.8 Å². The van der Waals surface area contributed by atoms with Gasteiger partial charge >= 0.3 is 5.97 Å². The number of benzene rings is 2. The molecule has 2 N–H and O–H groups in total. The first-order valence-electron chi connectivity index (χ1n) is 25.9. The molecule has 0 saturated carbocycles. The van der Waals surface area contributed by atoms with Crippen molar-refractivity contribution in [3.63, 3.8) is 0 Å². The van der Waals surface area contributed by atoms with Gasteiger partial charge in [0.05, 0.1) is 12.7 Å². The van der Waals surface area contributed by atoms with Gasteiger partial charge in [0.1, 0.15) is 12.2 Å². The van der Waals surface area contributed by atoms with Crippen LogP contribution in [0.2, 0.25) is 0 Å². The van der Waals surface area contributed by atoms with Crippen molar-refractivity contribution in [3.8, 4) is 34.0 Å². The molecule has 390 valence electrons. The van der Waals surface area contributed by atoms with E-state index >= 15 is 0 Å². The number of hydrogen-bond acceptors (Lipinski definition) is 14. The standard InChI is InChI=1S/C32H41N5O4.C25H33N3O4/c1-6-37(25-9-11-40-12-10-25)29-15-24(23-7-8-30(33-16-23)41-26-18-36(5)19-26)14-27(22(29)4)31(38)34-17-28-20(2)13-21(3)35-32(28)39;1-5-28(20-8-10-31-11-9-20)23-13-19(12-22(17(23)2)25(29)30-4)18-6-7-24(26-14-18)32-21-15-27(3)16-21/h7-8,13-16,25-26H,6,9-12,17-19H2,1-5H3,(H,34,38)(H,35,39);6-7,12-14,20-21H,5,8-11,15-16H2,1-4H3. The smallest absolute Gasteiger partial charge is 0.338 e. The van der Waals surface area contributed by atoms with Crippen molar-refractivity contribution >= 4 is 23.3 Å². The molecule has 4 aliphatic heterocycles. The van der Waals surface area contributed by atoms with Gasteiger partial charge in [-0.3, -0.25) is 19.4 Å². The van der Waals surface area contributed by atoms with Crippen molar-refractivity contribution < 1.29 is 33.3 Å². The molecule has 0 atom stereocenters. The number of amides is 1. The topological polar surface area (TPSA) is 164 Å². The molecule has 0 spiro atoms. The number of anilines is 2. The van der Waals surface area contributed by atoms with E-state index in [1.807, 2.05) is 82.6 Å². The van der Waals surface area contributed by atoms with Gasteiger partial charge in [-0.2, -0.15) is 0 Å². The third-order valence-corrected chi connectivity index (χ3v) is 14.7. The van der Waals surface area contributed by atoms with Gasteiger partial charge in [-0.1, -0.05) is 0 Å². The van der Waals surface area contributed by atoms with Crippen molar-refractivity contribution in [3.05, 3.63) is 116 Å². The summed E-state index contributed by atoms with van der Waals surface area (Å²) in [4.78, 5) is 60.0. The fourth-order valence-electron chi connectivity index (χ4n) is 10.5. The third-order valence-electron chi connectivity index (χ3n) is 14.7. The lowest BCUT2D eigenvalue weighted by Crippen LogP contribution is -2.51. The Hall–Kier alpha value is -6.33. The molecule has 0 radical (unpaired) electrons. The molecule has 4 aliphatic rings. The normalized spacial score (nSPS) is 16.9. The van der Waals surface area contributed by atoms with Crippen LogP contribution in [0.3, 0.4) is 0 Å². The number of likely N-dealkylation sites (tertiary alicyclic amines) is 2. The first kappa shape index (κ1) is 53.0. The Balaban J connectivity index is 0.000000201. The summed E-state index contributed by atoms with van der Waals surface area (Å²) < 4.78 is 28.2. The number of aryl methyl sites for hydroxylation is 2. The van der Waals surface area contributed by atoms with E-state index in [1.54, 1.807) is 0 Å². The van der Waals surface area contributed by atoms with Gasteiger partial charge in [0.15, 0.2) is 0 Å². The molecule has 2 aromatic carbocycles. The molecule has 16 nitrogen and oxygen atoms in total. The van der Waals surface area contributed by atoms with Gasteiger partial charge in [-0.05, 0) is 152 Å². The second kappa shape index (κ2) is 24.1. The van der Waals surface area contributed by atoms with Gasteiger partial charge < -0.3 is 43.8 Å². The Morgan fingerprint density at radius 1 is 0.685 bits per heavy atom. The maximum absolute atomic E-state index is 13.7. The first-order chi connectivity index (χ1) is 35.2. The van der Waals surface area contributed by atoms with E-state index in [9.17, 15) is 14.4 Å². The Morgan fingerprint density at radius 3 is 1.56 bits per heavy atom. The van der Waals surface area contributed by atoms with Gasteiger partial charge in [-0.25, -0.2) is 14.8 Å². The lowest BCUT2D eigenvalue weighted by molar-refractivity contribution is 0.0354. The zero-order valence-electron chi connectivity index (χ0n) is 44.2. The van der Waals surface area contributed by atoms with Crippen LogP contribution in [-0.4, -0.2) is 148 Å². The predicted molar refractivity (Wildman–Crippen MR) is 285 cm³/mol. The summed E-state index contributed by atoms with van der Waals surface area (Å²) in [5.41, 5.74) is 10.9. The molecule has 16 heteroatoms. The van der Waals surface area contributed by atoms with Crippen molar-refractivity contribution in [1.29, 1.82) is 0 Å². The number of likely N-dealkylation sites (N-methyl/N-ethyl adjacent to an activating group) is 2. The molecule has 7 heterocycles. The molecular formula is C57H74N8O8. The number of H-pyrrole nitrogens is 1. The molecule has 5 aromatic rings. The minimum absolute atomic E-state index is 0.153. The zero-order chi connectivity index (χ0) is 51.8. The van der Waals surface area contributed by atoms with E-state index in [1.165, 1.54) is 7.11 Å².